The van der Waals surface area contributed by atoms with Crippen LogP contribution in [0.4, 0.5) is 0 Å². The van der Waals surface area contributed by atoms with Crippen molar-refractivity contribution in [2.45, 2.75) is 13.0 Å². The Labute approximate surface area is 30.9 Å². The van der Waals surface area contributed by atoms with Gasteiger partial charge < -0.3 is 10.5 Å². The van der Waals surface area contributed by atoms with Crippen molar-refractivity contribution >= 4 is 6.21 Å². The van der Waals surface area contributed by atoms with E-state index in [1.807, 2.05) is 0 Å². The van der Waals surface area contributed by atoms with Crippen molar-refractivity contribution in [1.82, 2.24) is 0 Å². The van der Waals surface area contributed by atoms with Gasteiger partial charge in [-0.1, -0.05) is 0 Å². The second-order valence-corrected chi connectivity index (χ2v) is 0.907. The minimum absolute atomic E-state index is 0.574. The Kier molecular flexibility index (Phi) is 1.76. The molecule has 5 heavy (non-hydrogen) atoms. The molecule has 1 atom stereocenters. The van der Waals surface area contributed by atoms with Gasteiger partial charge in [-0.15, -0.1) is 0 Å². The summed E-state index contributed by atoms with van der Waals surface area (Å²) >= 11 is 0. The quantitative estimate of drug-likeness (QED) is 0.422. The lowest BCUT2D eigenvalue weighted by atomic mass is 10.5. The largest absolute Gasteiger partial charge is 0.388 e. The maximum absolute atomic E-state index is 8.12. The molecule has 0 saturated carbocycles. The van der Waals surface area contributed by atoms with Gasteiger partial charge in [-0.2, -0.15) is 0 Å². The highest BCUT2D eigenvalue weighted by atomic mass is 16.3. The Morgan fingerprint density at radius 1 is 2.00 bits per heavy atom. The molecule has 0 radical (unpaired) electrons. The monoisotopic (exact) mass is 73.1 g/mol. The van der Waals surface area contributed by atoms with Gasteiger partial charge in [-0.05, 0) is 6.92 Å². The van der Waals surface area contributed by atoms with Crippen LogP contribution < -0.4 is 0 Å². The number of hydrogen-bond acceptors (Lipinski definition) is 2. The van der Waals surface area contributed by atoms with Gasteiger partial charge >= 0.3 is 0 Å². The molecule has 0 aliphatic rings. The molecule has 0 saturated heterocycles. The lowest BCUT2D eigenvalue weighted by Gasteiger charge is -1.82. The van der Waals surface area contributed by atoms with Crippen LogP contribution in [0.15, 0.2) is 0 Å². The second-order valence-electron chi connectivity index (χ2n) is 0.907. The van der Waals surface area contributed by atoms with Gasteiger partial charge in [0.05, 0.1) is 6.10 Å². The van der Waals surface area contributed by atoms with Crippen LogP contribution in [0, 0.1) is 5.41 Å². The summed E-state index contributed by atoms with van der Waals surface area (Å²) in [5.74, 6) is 0. The highest BCUT2D eigenvalue weighted by molar-refractivity contribution is 5.57. The van der Waals surface area contributed by atoms with Crippen molar-refractivity contribution in [3.63, 3.8) is 0 Å². The summed E-state index contributed by atoms with van der Waals surface area (Å²) in [7, 11) is 0. The van der Waals surface area contributed by atoms with Crippen LogP contribution >= 0.6 is 0 Å². The summed E-state index contributed by atoms with van der Waals surface area (Å²) in [6.07, 6.45) is 0.398. The number of rotatable bonds is 1. The van der Waals surface area contributed by atoms with E-state index in [0.717, 1.165) is 6.21 Å². The van der Waals surface area contributed by atoms with Crippen LogP contribution in [-0.4, -0.2) is 17.4 Å². The van der Waals surface area contributed by atoms with E-state index in [-0.39, 0.29) is 0 Å². The lowest BCUT2D eigenvalue weighted by Crippen LogP contribution is -1.97. The van der Waals surface area contributed by atoms with Crippen molar-refractivity contribution in [1.29, 1.82) is 5.41 Å². The molecule has 0 aliphatic carbocycles. The smallest absolute Gasteiger partial charge is 0.0856 e. The van der Waals surface area contributed by atoms with Crippen LogP contribution in [0.3, 0.4) is 0 Å². The Morgan fingerprint density at radius 3 is 2.20 bits per heavy atom. The summed E-state index contributed by atoms with van der Waals surface area (Å²) in [6.45, 7) is 1.53. The van der Waals surface area contributed by atoms with Crippen molar-refractivity contribution in [2.75, 3.05) is 0 Å². The third-order valence-corrected chi connectivity index (χ3v) is 0.241. The van der Waals surface area contributed by atoms with Crippen LogP contribution in [0.25, 0.3) is 0 Å². The van der Waals surface area contributed by atoms with Crippen molar-refractivity contribution < 1.29 is 5.11 Å². The average molecular weight is 73.1 g/mol. The molecule has 0 aromatic heterocycles. The first-order valence-electron chi connectivity index (χ1n) is 1.46. The molecule has 0 aromatic rings. The Morgan fingerprint density at radius 2 is 2.20 bits per heavy atom. The highest BCUT2D eigenvalue weighted by Crippen LogP contribution is 1.63. The zero-order chi connectivity index (χ0) is 4.28. The summed E-state index contributed by atoms with van der Waals surface area (Å²) in [4.78, 5) is 0. The second kappa shape index (κ2) is 1.91. The molecule has 1 unspecified atom stereocenters. The Bertz CT molecular complexity index is 33.9. The fourth-order valence-corrected chi connectivity index (χ4v) is 0. The van der Waals surface area contributed by atoms with E-state index in [1.54, 1.807) is 0 Å². The molecule has 0 aliphatic heterocycles. The topological polar surface area (TPSA) is 44.1 Å². The van der Waals surface area contributed by atoms with Gasteiger partial charge in [-0.25, -0.2) is 0 Å². The van der Waals surface area contributed by atoms with Crippen molar-refractivity contribution in [3.05, 3.63) is 0 Å². The number of hydrogen-bond donors (Lipinski definition) is 2. The van der Waals surface area contributed by atoms with Crippen LogP contribution in [-0.2, 0) is 0 Å². The van der Waals surface area contributed by atoms with E-state index in [4.69, 9.17) is 10.5 Å². The summed E-state index contributed by atoms with van der Waals surface area (Å²) in [6, 6.07) is 0. The fourth-order valence-electron chi connectivity index (χ4n) is 0. The standard InChI is InChI=1S/C3H7NO/c1-3(5)2-4/h2-5H,1H3. The van der Waals surface area contributed by atoms with Crippen LogP contribution in [0.2, 0.25) is 0 Å². The molecule has 30 valence electrons. The Balaban J connectivity index is 2.83. The fraction of sp³-hybridized carbons (Fsp3) is 0.667. The third-order valence-electron chi connectivity index (χ3n) is 0.241. The zero-order valence-electron chi connectivity index (χ0n) is 3.10. The van der Waals surface area contributed by atoms with Crippen molar-refractivity contribution in [2.24, 2.45) is 0 Å². The van der Waals surface area contributed by atoms with Gasteiger partial charge in [-0.3, -0.25) is 0 Å². The first kappa shape index (κ1) is 4.63. The highest BCUT2D eigenvalue weighted by Gasteiger charge is 1.77. The van der Waals surface area contributed by atoms with Crippen LogP contribution in [0.5, 0.6) is 0 Å². The SMILES string of the molecule is CC(O)C=N. The number of aliphatic hydroxyl groups excluding tert-OH is 1. The van der Waals surface area contributed by atoms with E-state index < -0.39 is 6.10 Å². The normalized spacial score (nSPS) is 14.0. The molecule has 0 heterocycles. The molecule has 0 spiro atoms. The van der Waals surface area contributed by atoms with E-state index in [9.17, 15) is 0 Å². The average Bonchev–Trinajstić information content (AvgIpc) is 1.38. The molecular weight excluding hydrogens is 66.0 g/mol. The lowest BCUT2D eigenvalue weighted by molar-refractivity contribution is 0.266. The minimum atomic E-state index is -0.574. The number of aliphatic hydroxyl groups is 1. The summed E-state index contributed by atoms with van der Waals surface area (Å²) in [5.41, 5.74) is 0. The number of nitrogens with one attached hydrogen (secondary N) is 1. The molecule has 2 N–H and O–H groups in total. The molecular formula is C3H7NO. The first-order valence-corrected chi connectivity index (χ1v) is 1.46. The van der Waals surface area contributed by atoms with Crippen molar-refractivity contribution in [3.8, 4) is 0 Å². The molecule has 0 fully saturated rings. The summed E-state index contributed by atoms with van der Waals surface area (Å²) < 4.78 is 0. The predicted molar refractivity (Wildman–Crippen MR) is 20.5 cm³/mol. The van der Waals surface area contributed by atoms with Gasteiger partial charge in [0, 0.05) is 6.21 Å². The van der Waals surface area contributed by atoms with Gasteiger partial charge in [0.25, 0.3) is 0 Å². The zero-order valence-corrected chi connectivity index (χ0v) is 3.10. The molecule has 0 rings (SSSR count). The summed E-state index contributed by atoms with van der Waals surface area (Å²) in [5, 5.41) is 14.4. The molecule has 2 heteroatoms. The minimum Gasteiger partial charge on any atom is -0.388 e. The van der Waals surface area contributed by atoms with Crippen LogP contribution in [0.1, 0.15) is 6.92 Å². The third kappa shape index (κ3) is 3.63. The van der Waals surface area contributed by atoms with Gasteiger partial charge in [0.1, 0.15) is 0 Å². The van der Waals surface area contributed by atoms with E-state index in [2.05, 4.69) is 0 Å². The van der Waals surface area contributed by atoms with Gasteiger partial charge in [0.2, 0.25) is 0 Å². The van der Waals surface area contributed by atoms with E-state index in [0.29, 0.717) is 0 Å². The maximum Gasteiger partial charge on any atom is 0.0856 e. The molecule has 0 aromatic carbocycles. The van der Waals surface area contributed by atoms with Gasteiger partial charge in [0.15, 0.2) is 0 Å². The first-order chi connectivity index (χ1) is 2.27. The van der Waals surface area contributed by atoms with E-state index in [1.165, 1.54) is 6.92 Å². The van der Waals surface area contributed by atoms with E-state index >= 15 is 0 Å². The molecule has 0 amide bonds. The molecule has 0 bridgehead atoms. The molecule has 2 nitrogen and oxygen atoms in total. The maximum atomic E-state index is 8.12. The predicted octanol–water partition coefficient (Wildman–Crippen LogP) is 0.0168. The Hall–Kier alpha value is -0.370.